The largest absolute Gasteiger partial charge is 0.406 e. The van der Waals surface area contributed by atoms with Gasteiger partial charge < -0.3 is 9.73 Å². The Kier molecular flexibility index (Phi) is 3.69. The van der Waals surface area contributed by atoms with Crippen LogP contribution < -0.4 is 5.32 Å². The summed E-state index contributed by atoms with van der Waals surface area (Å²) in [5, 5.41) is 10.5. The maximum absolute atomic E-state index is 5.84. The van der Waals surface area contributed by atoms with Crippen LogP contribution >= 0.6 is 27.5 Å². The van der Waals surface area contributed by atoms with Crippen molar-refractivity contribution in [1.29, 1.82) is 0 Å². The molecule has 0 saturated carbocycles. The van der Waals surface area contributed by atoms with Crippen molar-refractivity contribution < 1.29 is 4.42 Å². The van der Waals surface area contributed by atoms with Crippen LogP contribution in [0.15, 0.2) is 27.1 Å². The minimum atomic E-state index is -0.290. The van der Waals surface area contributed by atoms with Crippen molar-refractivity contribution in [3.63, 3.8) is 0 Å². The van der Waals surface area contributed by atoms with Crippen molar-refractivity contribution >= 4 is 39.2 Å². The smallest absolute Gasteiger partial charge is 0.320 e. The number of alkyl halides is 1. The molecule has 1 unspecified atom stereocenters. The predicted molar refractivity (Wildman–Crippen MR) is 70.7 cm³/mol. The van der Waals surface area contributed by atoms with Crippen LogP contribution in [0.3, 0.4) is 0 Å². The minimum Gasteiger partial charge on any atom is -0.406 e. The molecule has 2 aromatic rings. The van der Waals surface area contributed by atoms with E-state index in [9.17, 15) is 0 Å². The maximum atomic E-state index is 5.84. The summed E-state index contributed by atoms with van der Waals surface area (Å²) in [4.78, 5) is 0. The molecule has 4 nitrogen and oxygen atoms in total. The van der Waals surface area contributed by atoms with Gasteiger partial charge in [0.2, 0.25) is 5.89 Å². The molecule has 0 bridgehead atoms. The lowest BCUT2D eigenvalue weighted by Gasteiger charge is -2.06. The topological polar surface area (TPSA) is 51.0 Å². The molecular weight excluding hydrogens is 305 g/mol. The second-order valence-corrected chi connectivity index (χ2v) is 5.11. The molecule has 0 aliphatic carbocycles. The van der Waals surface area contributed by atoms with Gasteiger partial charge in [-0.3, -0.25) is 0 Å². The zero-order chi connectivity index (χ0) is 12.4. The van der Waals surface area contributed by atoms with Gasteiger partial charge in [-0.05, 0) is 31.5 Å². The first-order valence-corrected chi connectivity index (χ1v) is 6.30. The Morgan fingerprint density at radius 3 is 2.82 bits per heavy atom. The lowest BCUT2D eigenvalue weighted by molar-refractivity contribution is 0.510. The zero-order valence-electron chi connectivity index (χ0n) is 9.37. The monoisotopic (exact) mass is 315 g/mol. The molecule has 1 N–H and O–H groups in total. The Labute approximate surface area is 113 Å². The summed E-state index contributed by atoms with van der Waals surface area (Å²) in [6.07, 6.45) is 0. The van der Waals surface area contributed by atoms with Gasteiger partial charge in [0, 0.05) is 10.2 Å². The highest BCUT2D eigenvalue weighted by Gasteiger charge is 2.12. The van der Waals surface area contributed by atoms with E-state index < -0.39 is 0 Å². The van der Waals surface area contributed by atoms with Gasteiger partial charge in [0.1, 0.15) is 5.38 Å². The number of benzene rings is 1. The second-order valence-electron chi connectivity index (χ2n) is 3.60. The second kappa shape index (κ2) is 5.06. The Bertz CT molecular complexity index is 527. The summed E-state index contributed by atoms with van der Waals surface area (Å²) >= 11 is 9.30. The van der Waals surface area contributed by atoms with E-state index in [1.54, 1.807) is 6.92 Å². The Hall–Kier alpha value is -1.07. The quantitative estimate of drug-likeness (QED) is 0.863. The molecule has 6 heteroatoms. The number of nitrogens with one attached hydrogen (secondary N) is 1. The number of hydrogen-bond acceptors (Lipinski definition) is 4. The molecule has 0 amide bonds. The molecule has 0 aliphatic heterocycles. The van der Waals surface area contributed by atoms with E-state index in [0.29, 0.717) is 11.9 Å². The van der Waals surface area contributed by atoms with E-state index >= 15 is 0 Å². The van der Waals surface area contributed by atoms with Gasteiger partial charge in [0.05, 0.1) is 0 Å². The zero-order valence-corrected chi connectivity index (χ0v) is 11.7. The van der Waals surface area contributed by atoms with Crippen molar-refractivity contribution in [2.24, 2.45) is 0 Å². The fraction of sp³-hybridized carbons (Fsp3) is 0.273. The van der Waals surface area contributed by atoms with E-state index in [1.807, 2.05) is 25.1 Å². The molecule has 0 radical (unpaired) electrons. The summed E-state index contributed by atoms with van der Waals surface area (Å²) in [6, 6.07) is 6.18. The van der Waals surface area contributed by atoms with Gasteiger partial charge in [-0.15, -0.1) is 16.7 Å². The molecule has 1 aromatic heterocycles. The molecule has 90 valence electrons. The van der Waals surface area contributed by atoms with Crippen LogP contribution in [0.2, 0.25) is 0 Å². The van der Waals surface area contributed by atoms with Crippen molar-refractivity contribution in [3.8, 4) is 0 Å². The van der Waals surface area contributed by atoms with E-state index in [-0.39, 0.29) is 5.38 Å². The normalized spacial score (nSPS) is 12.5. The molecule has 0 aliphatic rings. The van der Waals surface area contributed by atoms with Crippen molar-refractivity contribution in [2.75, 3.05) is 5.32 Å². The van der Waals surface area contributed by atoms with Crippen LogP contribution in [0.1, 0.15) is 23.8 Å². The first-order chi connectivity index (χ1) is 8.08. The molecule has 1 atom stereocenters. The van der Waals surface area contributed by atoms with E-state index in [4.69, 9.17) is 16.0 Å². The lowest BCUT2D eigenvalue weighted by Crippen LogP contribution is -1.93. The summed E-state index contributed by atoms with van der Waals surface area (Å²) in [5.74, 6) is 0.404. The average molecular weight is 317 g/mol. The SMILES string of the molecule is Cc1c(Br)cccc1Nc1nnc(C(C)Cl)o1. The van der Waals surface area contributed by atoms with Crippen LogP contribution in [-0.2, 0) is 0 Å². The highest BCUT2D eigenvalue weighted by Crippen LogP contribution is 2.27. The predicted octanol–water partition coefficient (Wildman–Crippen LogP) is 4.18. The fourth-order valence-electron chi connectivity index (χ4n) is 1.30. The van der Waals surface area contributed by atoms with Gasteiger partial charge in [0.15, 0.2) is 0 Å². The van der Waals surface area contributed by atoms with Crippen molar-refractivity contribution in [2.45, 2.75) is 19.2 Å². The number of nitrogens with zero attached hydrogens (tertiary/aromatic N) is 2. The number of anilines is 2. The molecular formula is C11H11BrClN3O. The lowest BCUT2D eigenvalue weighted by atomic mass is 10.2. The minimum absolute atomic E-state index is 0.290. The molecule has 1 heterocycles. The number of aromatic nitrogens is 2. The Morgan fingerprint density at radius 2 is 2.18 bits per heavy atom. The van der Waals surface area contributed by atoms with Crippen LogP contribution in [0.5, 0.6) is 0 Å². The van der Waals surface area contributed by atoms with Gasteiger partial charge in [-0.1, -0.05) is 27.1 Å². The highest BCUT2D eigenvalue weighted by molar-refractivity contribution is 9.10. The molecule has 2 rings (SSSR count). The van der Waals surface area contributed by atoms with Crippen molar-refractivity contribution in [3.05, 3.63) is 34.1 Å². The van der Waals surface area contributed by atoms with Gasteiger partial charge in [0.25, 0.3) is 0 Å². The molecule has 0 fully saturated rings. The van der Waals surface area contributed by atoms with E-state index in [0.717, 1.165) is 15.7 Å². The first kappa shape index (κ1) is 12.4. The number of halogens is 2. The Balaban J connectivity index is 2.22. The first-order valence-electron chi connectivity index (χ1n) is 5.07. The molecule has 1 aromatic carbocycles. The van der Waals surface area contributed by atoms with Crippen LogP contribution in [-0.4, -0.2) is 10.2 Å². The third-order valence-electron chi connectivity index (χ3n) is 2.29. The average Bonchev–Trinajstić information content (AvgIpc) is 2.73. The summed E-state index contributed by atoms with van der Waals surface area (Å²) in [6.45, 7) is 3.77. The summed E-state index contributed by atoms with van der Waals surface area (Å²) < 4.78 is 6.38. The number of hydrogen-bond donors (Lipinski definition) is 1. The molecule has 0 saturated heterocycles. The number of rotatable bonds is 3. The van der Waals surface area contributed by atoms with Crippen LogP contribution in [0.25, 0.3) is 0 Å². The maximum Gasteiger partial charge on any atom is 0.320 e. The van der Waals surface area contributed by atoms with Crippen LogP contribution in [0.4, 0.5) is 11.7 Å². The fourth-order valence-corrected chi connectivity index (χ4v) is 1.76. The Morgan fingerprint density at radius 1 is 1.41 bits per heavy atom. The highest BCUT2D eigenvalue weighted by atomic mass is 79.9. The summed E-state index contributed by atoms with van der Waals surface area (Å²) in [5.41, 5.74) is 1.99. The standard InChI is InChI=1S/C11H11BrClN3O/c1-6-8(12)4-3-5-9(6)14-11-16-15-10(17-11)7(2)13/h3-5,7H,1-2H3,(H,14,16). The molecule has 17 heavy (non-hydrogen) atoms. The third-order valence-corrected chi connectivity index (χ3v) is 3.34. The third kappa shape index (κ3) is 2.79. The van der Waals surface area contributed by atoms with Gasteiger partial charge in [-0.25, -0.2) is 0 Å². The van der Waals surface area contributed by atoms with E-state index in [2.05, 4.69) is 31.4 Å². The summed E-state index contributed by atoms with van der Waals surface area (Å²) in [7, 11) is 0. The van der Waals surface area contributed by atoms with Gasteiger partial charge in [-0.2, -0.15) is 0 Å². The van der Waals surface area contributed by atoms with Gasteiger partial charge >= 0.3 is 6.01 Å². The van der Waals surface area contributed by atoms with E-state index in [1.165, 1.54) is 0 Å². The van der Waals surface area contributed by atoms with Crippen molar-refractivity contribution in [1.82, 2.24) is 10.2 Å². The molecule has 0 spiro atoms. The van der Waals surface area contributed by atoms with Crippen LogP contribution in [0, 0.1) is 6.92 Å².